The lowest BCUT2D eigenvalue weighted by molar-refractivity contribution is -0.137. The van der Waals surface area contributed by atoms with E-state index in [0.717, 1.165) is 11.8 Å². The van der Waals surface area contributed by atoms with Crippen LogP contribution in [0, 0.1) is 0 Å². The maximum absolute atomic E-state index is 12.3. The van der Waals surface area contributed by atoms with Crippen LogP contribution in [0.3, 0.4) is 0 Å². The zero-order valence-electron chi connectivity index (χ0n) is 17.3. The van der Waals surface area contributed by atoms with Crippen molar-refractivity contribution in [3.8, 4) is 23.0 Å². The molecule has 0 fully saturated rings. The third kappa shape index (κ3) is 5.86. The Hall–Kier alpha value is -2.75. The van der Waals surface area contributed by atoms with Crippen LogP contribution in [0.4, 0.5) is 0 Å². The Balaban J connectivity index is 1.95. The lowest BCUT2D eigenvalue weighted by atomic mass is 10.2. The van der Waals surface area contributed by atoms with Crippen LogP contribution in [0.25, 0.3) is 11.5 Å². The van der Waals surface area contributed by atoms with E-state index >= 15 is 0 Å². The molecule has 1 aromatic carbocycles. The molecule has 2 aromatic rings. The predicted octanol–water partition coefficient (Wildman–Crippen LogP) is 2.17. The first-order chi connectivity index (χ1) is 13.9. The molecule has 1 heterocycles. The van der Waals surface area contributed by atoms with Gasteiger partial charge in [-0.25, -0.2) is 0 Å². The summed E-state index contributed by atoms with van der Waals surface area (Å²) in [6.45, 7) is 5.09. The Morgan fingerprint density at radius 3 is 2.38 bits per heavy atom. The second-order valence-electron chi connectivity index (χ2n) is 6.05. The fraction of sp³-hybridized carbons (Fsp3) is 0.474. The van der Waals surface area contributed by atoms with E-state index in [0.29, 0.717) is 36.0 Å². The first-order valence-corrected chi connectivity index (χ1v) is 10.1. The van der Waals surface area contributed by atoms with E-state index in [2.05, 4.69) is 10.2 Å². The Kier molecular flexibility index (Phi) is 8.32. The smallest absolute Gasteiger partial charge is 0.277 e. The SMILES string of the molecule is CCN(CC)C(=O)CN(C)C(=O)CSc1nnc(-c2ccc(OC)c(OC)c2)o1. The van der Waals surface area contributed by atoms with Gasteiger partial charge in [0.25, 0.3) is 5.22 Å². The molecule has 158 valence electrons. The summed E-state index contributed by atoms with van der Waals surface area (Å²) < 4.78 is 16.1. The molecule has 0 saturated heterocycles. The monoisotopic (exact) mass is 422 g/mol. The summed E-state index contributed by atoms with van der Waals surface area (Å²) in [5.41, 5.74) is 0.676. The largest absolute Gasteiger partial charge is 0.493 e. The number of amides is 2. The molecule has 29 heavy (non-hydrogen) atoms. The Morgan fingerprint density at radius 1 is 1.07 bits per heavy atom. The predicted molar refractivity (Wildman–Crippen MR) is 109 cm³/mol. The number of carbonyl (C=O) groups is 2. The van der Waals surface area contributed by atoms with Crippen LogP contribution in [0.5, 0.6) is 11.5 Å². The van der Waals surface area contributed by atoms with E-state index < -0.39 is 0 Å². The van der Waals surface area contributed by atoms with Gasteiger partial charge in [-0.1, -0.05) is 11.8 Å². The number of hydrogen-bond donors (Lipinski definition) is 0. The summed E-state index contributed by atoms with van der Waals surface area (Å²) in [4.78, 5) is 27.5. The summed E-state index contributed by atoms with van der Waals surface area (Å²) >= 11 is 1.12. The van der Waals surface area contributed by atoms with Crippen LogP contribution in [0.1, 0.15) is 13.8 Å². The summed E-state index contributed by atoms with van der Waals surface area (Å²) in [6.07, 6.45) is 0. The molecule has 2 amide bonds. The summed E-state index contributed by atoms with van der Waals surface area (Å²) in [5.74, 6) is 1.28. The van der Waals surface area contributed by atoms with Gasteiger partial charge in [0.2, 0.25) is 17.7 Å². The highest BCUT2D eigenvalue weighted by Gasteiger charge is 2.18. The number of carbonyl (C=O) groups excluding carboxylic acids is 2. The van der Waals surface area contributed by atoms with E-state index in [-0.39, 0.29) is 29.3 Å². The number of rotatable bonds is 10. The topological polar surface area (TPSA) is 98.0 Å². The molecule has 1 aromatic heterocycles. The quantitative estimate of drug-likeness (QED) is 0.537. The van der Waals surface area contributed by atoms with Gasteiger partial charge < -0.3 is 23.7 Å². The average Bonchev–Trinajstić information content (AvgIpc) is 3.21. The summed E-state index contributed by atoms with van der Waals surface area (Å²) in [6, 6.07) is 5.26. The van der Waals surface area contributed by atoms with Gasteiger partial charge in [-0.3, -0.25) is 9.59 Å². The molecule has 0 aliphatic rings. The molecule has 0 aliphatic carbocycles. The van der Waals surface area contributed by atoms with Gasteiger partial charge in [-0.15, -0.1) is 10.2 Å². The van der Waals surface area contributed by atoms with Crippen LogP contribution in [0.2, 0.25) is 0 Å². The molecule has 9 nitrogen and oxygen atoms in total. The molecule has 0 bridgehead atoms. The minimum atomic E-state index is -0.193. The lowest BCUT2D eigenvalue weighted by Crippen LogP contribution is -2.41. The second-order valence-corrected chi connectivity index (χ2v) is 6.97. The van der Waals surface area contributed by atoms with E-state index in [1.165, 1.54) is 4.90 Å². The summed E-state index contributed by atoms with van der Waals surface area (Å²) in [7, 11) is 4.71. The van der Waals surface area contributed by atoms with Gasteiger partial charge in [-0.05, 0) is 32.0 Å². The number of ether oxygens (including phenoxy) is 2. The van der Waals surface area contributed by atoms with Crippen LogP contribution < -0.4 is 9.47 Å². The molecule has 0 spiro atoms. The highest BCUT2D eigenvalue weighted by Crippen LogP contribution is 2.32. The molecule has 0 N–H and O–H groups in total. The van der Waals surface area contributed by atoms with Crippen molar-refractivity contribution < 1.29 is 23.5 Å². The normalized spacial score (nSPS) is 10.5. The van der Waals surface area contributed by atoms with Crippen molar-refractivity contribution in [2.75, 3.05) is 46.7 Å². The Morgan fingerprint density at radius 2 is 1.76 bits per heavy atom. The highest BCUT2D eigenvalue weighted by molar-refractivity contribution is 7.99. The molecule has 0 aliphatic heterocycles. The van der Waals surface area contributed by atoms with E-state index in [1.54, 1.807) is 44.4 Å². The number of thioether (sulfide) groups is 1. The maximum atomic E-state index is 12.3. The van der Waals surface area contributed by atoms with Crippen LogP contribution in [-0.4, -0.2) is 78.5 Å². The first kappa shape index (κ1) is 22.5. The number of aromatic nitrogens is 2. The first-order valence-electron chi connectivity index (χ1n) is 9.13. The maximum Gasteiger partial charge on any atom is 0.277 e. The van der Waals surface area contributed by atoms with Gasteiger partial charge in [0.15, 0.2) is 11.5 Å². The van der Waals surface area contributed by atoms with Gasteiger partial charge in [0.05, 0.1) is 26.5 Å². The van der Waals surface area contributed by atoms with Gasteiger partial charge >= 0.3 is 0 Å². The average molecular weight is 423 g/mol. The highest BCUT2D eigenvalue weighted by atomic mass is 32.2. The number of nitrogens with zero attached hydrogens (tertiary/aromatic N) is 4. The van der Waals surface area contributed by atoms with Crippen molar-refractivity contribution in [1.82, 2.24) is 20.0 Å². The van der Waals surface area contributed by atoms with E-state index in [1.807, 2.05) is 13.8 Å². The Bertz CT molecular complexity index is 838. The zero-order chi connectivity index (χ0) is 21.4. The molecule has 0 atom stereocenters. The number of hydrogen-bond acceptors (Lipinski definition) is 8. The fourth-order valence-electron chi connectivity index (χ4n) is 2.56. The van der Waals surface area contributed by atoms with Gasteiger partial charge in [-0.2, -0.15) is 0 Å². The van der Waals surface area contributed by atoms with E-state index in [9.17, 15) is 9.59 Å². The standard InChI is InChI=1S/C19H26N4O5S/c1-6-23(7-2)16(24)11-22(3)17(25)12-29-19-21-20-18(28-19)13-8-9-14(26-4)15(10-13)27-5/h8-10H,6-7,11-12H2,1-5H3. The van der Waals surface area contributed by atoms with Crippen molar-refractivity contribution in [2.24, 2.45) is 0 Å². The van der Waals surface area contributed by atoms with Crippen molar-refractivity contribution in [3.63, 3.8) is 0 Å². The molecule has 2 rings (SSSR count). The fourth-order valence-corrected chi connectivity index (χ4v) is 3.26. The van der Waals surface area contributed by atoms with E-state index in [4.69, 9.17) is 13.9 Å². The van der Waals surface area contributed by atoms with Crippen LogP contribution in [-0.2, 0) is 9.59 Å². The van der Waals surface area contributed by atoms with Crippen LogP contribution >= 0.6 is 11.8 Å². The minimum Gasteiger partial charge on any atom is -0.493 e. The number of likely N-dealkylation sites (N-methyl/N-ethyl adjacent to an activating group) is 2. The molecule has 0 unspecified atom stereocenters. The number of benzene rings is 1. The molecular weight excluding hydrogens is 396 g/mol. The zero-order valence-corrected chi connectivity index (χ0v) is 18.1. The summed E-state index contributed by atoms with van der Waals surface area (Å²) in [5, 5.41) is 8.25. The third-order valence-corrected chi connectivity index (χ3v) is 5.07. The van der Waals surface area contributed by atoms with Gasteiger partial charge in [0.1, 0.15) is 0 Å². The molecule has 10 heteroatoms. The number of methoxy groups -OCH3 is 2. The van der Waals surface area contributed by atoms with Gasteiger partial charge in [0, 0.05) is 25.7 Å². The van der Waals surface area contributed by atoms with Crippen molar-refractivity contribution >= 4 is 23.6 Å². The molecular formula is C19H26N4O5S. The lowest BCUT2D eigenvalue weighted by Gasteiger charge is -2.22. The molecule has 0 saturated carbocycles. The third-order valence-electron chi connectivity index (χ3n) is 4.27. The van der Waals surface area contributed by atoms with Crippen molar-refractivity contribution in [3.05, 3.63) is 18.2 Å². The molecule has 0 radical (unpaired) electrons. The van der Waals surface area contributed by atoms with Crippen molar-refractivity contribution in [2.45, 2.75) is 19.1 Å². The van der Waals surface area contributed by atoms with Crippen LogP contribution in [0.15, 0.2) is 27.8 Å². The second kappa shape index (κ2) is 10.7. The Labute approximate surface area is 174 Å². The minimum absolute atomic E-state index is 0.0435. The van der Waals surface area contributed by atoms with Crippen molar-refractivity contribution in [1.29, 1.82) is 0 Å².